The third-order valence-corrected chi connectivity index (χ3v) is 5.00. The summed E-state index contributed by atoms with van der Waals surface area (Å²) in [6.07, 6.45) is 5.39. The first-order chi connectivity index (χ1) is 9.50. The molecule has 0 amide bonds. The van der Waals surface area contributed by atoms with Gasteiger partial charge in [0.1, 0.15) is 0 Å². The Morgan fingerprint density at radius 3 is 2.60 bits per heavy atom. The standard InChI is InChI=1S/C17H26BrNO/c1-17(2)8-6-15(7-9-17)20-12-14-5-4-13(11-19-3)10-16(14)18/h4-5,10,15,19H,6-9,11-12H2,1-3H3. The summed E-state index contributed by atoms with van der Waals surface area (Å²) in [4.78, 5) is 0. The van der Waals surface area contributed by atoms with Gasteiger partial charge >= 0.3 is 0 Å². The second kappa shape index (κ2) is 7.06. The van der Waals surface area contributed by atoms with Gasteiger partial charge in [0.25, 0.3) is 0 Å². The summed E-state index contributed by atoms with van der Waals surface area (Å²) < 4.78 is 7.25. The molecule has 0 spiro atoms. The number of hydrogen-bond donors (Lipinski definition) is 1. The Morgan fingerprint density at radius 2 is 2.00 bits per heavy atom. The Labute approximate surface area is 131 Å². The Balaban J connectivity index is 1.85. The van der Waals surface area contributed by atoms with Crippen molar-refractivity contribution in [2.75, 3.05) is 7.05 Å². The van der Waals surface area contributed by atoms with Gasteiger partial charge in [-0.05, 0) is 55.3 Å². The van der Waals surface area contributed by atoms with Crippen LogP contribution in [-0.4, -0.2) is 13.2 Å². The van der Waals surface area contributed by atoms with Gasteiger partial charge in [0.15, 0.2) is 0 Å². The van der Waals surface area contributed by atoms with Gasteiger partial charge in [-0.1, -0.05) is 41.9 Å². The predicted molar refractivity (Wildman–Crippen MR) is 87.7 cm³/mol. The molecule has 2 rings (SSSR count). The molecule has 0 unspecified atom stereocenters. The summed E-state index contributed by atoms with van der Waals surface area (Å²) in [5, 5.41) is 3.17. The van der Waals surface area contributed by atoms with Crippen LogP contribution in [0.3, 0.4) is 0 Å². The van der Waals surface area contributed by atoms with Gasteiger partial charge in [-0.25, -0.2) is 0 Å². The smallest absolute Gasteiger partial charge is 0.0731 e. The van der Waals surface area contributed by atoms with Crippen LogP contribution in [0.2, 0.25) is 0 Å². The number of hydrogen-bond acceptors (Lipinski definition) is 2. The number of halogens is 1. The van der Waals surface area contributed by atoms with E-state index in [1.54, 1.807) is 0 Å². The summed E-state index contributed by atoms with van der Waals surface area (Å²) in [6, 6.07) is 6.52. The van der Waals surface area contributed by atoms with Crippen molar-refractivity contribution in [3.63, 3.8) is 0 Å². The number of nitrogens with one attached hydrogen (secondary N) is 1. The molecule has 20 heavy (non-hydrogen) atoms. The molecule has 0 aromatic heterocycles. The lowest BCUT2D eigenvalue weighted by Crippen LogP contribution is -2.26. The molecule has 1 fully saturated rings. The van der Waals surface area contributed by atoms with Crippen LogP contribution < -0.4 is 5.32 Å². The molecular formula is C17H26BrNO. The van der Waals surface area contributed by atoms with E-state index in [9.17, 15) is 0 Å². The predicted octanol–water partition coefficient (Wildman–Crippen LogP) is 4.65. The summed E-state index contributed by atoms with van der Waals surface area (Å²) in [6.45, 7) is 6.34. The molecule has 0 bridgehead atoms. The van der Waals surface area contributed by atoms with Crippen LogP contribution in [0.15, 0.2) is 22.7 Å². The Bertz CT molecular complexity index is 435. The molecule has 1 aromatic rings. The molecule has 0 heterocycles. The van der Waals surface area contributed by atoms with Crippen LogP contribution in [0.4, 0.5) is 0 Å². The third kappa shape index (κ3) is 4.57. The van der Waals surface area contributed by atoms with Crippen LogP contribution in [0, 0.1) is 5.41 Å². The first-order valence-electron chi connectivity index (χ1n) is 7.54. The molecule has 3 heteroatoms. The summed E-state index contributed by atoms with van der Waals surface area (Å²) >= 11 is 3.65. The molecule has 1 saturated carbocycles. The van der Waals surface area contributed by atoms with E-state index in [-0.39, 0.29) is 0 Å². The molecule has 1 aliphatic rings. The molecular weight excluding hydrogens is 314 g/mol. The van der Waals surface area contributed by atoms with Crippen LogP contribution >= 0.6 is 15.9 Å². The fourth-order valence-electron chi connectivity index (χ4n) is 2.77. The maximum absolute atomic E-state index is 6.10. The van der Waals surface area contributed by atoms with E-state index in [4.69, 9.17) is 4.74 Å². The second-order valence-electron chi connectivity index (χ2n) is 6.63. The SMILES string of the molecule is CNCc1ccc(COC2CCC(C)(C)CC2)c(Br)c1. The van der Waals surface area contributed by atoms with Crippen molar-refractivity contribution in [3.05, 3.63) is 33.8 Å². The van der Waals surface area contributed by atoms with Crippen molar-refractivity contribution < 1.29 is 4.74 Å². The minimum atomic E-state index is 0.437. The van der Waals surface area contributed by atoms with Crippen molar-refractivity contribution in [3.8, 4) is 0 Å². The lowest BCUT2D eigenvalue weighted by atomic mass is 9.76. The lowest BCUT2D eigenvalue weighted by Gasteiger charge is -2.34. The van der Waals surface area contributed by atoms with E-state index in [0.29, 0.717) is 18.1 Å². The maximum Gasteiger partial charge on any atom is 0.0731 e. The zero-order chi connectivity index (χ0) is 14.6. The van der Waals surface area contributed by atoms with Gasteiger partial charge in [-0.15, -0.1) is 0 Å². The zero-order valence-corrected chi connectivity index (χ0v) is 14.4. The average Bonchev–Trinajstić information content (AvgIpc) is 2.40. The molecule has 1 aromatic carbocycles. The van der Waals surface area contributed by atoms with Gasteiger partial charge in [0.2, 0.25) is 0 Å². The molecule has 0 saturated heterocycles. The van der Waals surface area contributed by atoms with Gasteiger partial charge in [0.05, 0.1) is 12.7 Å². The molecule has 112 valence electrons. The molecule has 1 aliphatic carbocycles. The van der Waals surface area contributed by atoms with Crippen LogP contribution in [-0.2, 0) is 17.9 Å². The Kier molecular flexibility index (Phi) is 5.65. The molecule has 2 nitrogen and oxygen atoms in total. The third-order valence-electron chi connectivity index (χ3n) is 4.26. The van der Waals surface area contributed by atoms with E-state index < -0.39 is 0 Å². The van der Waals surface area contributed by atoms with Crippen molar-refractivity contribution in [1.82, 2.24) is 5.32 Å². The first kappa shape index (κ1) is 16.0. The number of rotatable bonds is 5. The molecule has 0 atom stereocenters. The largest absolute Gasteiger partial charge is 0.374 e. The van der Waals surface area contributed by atoms with Crippen molar-refractivity contribution in [2.45, 2.75) is 58.8 Å². The highest BCUT2D eigenvalue weighted by Gasteiger charge is 2.27. The highest BCUT2D eigenvalue weighted by molar-refractivity contribution is 9.10. The van der Waals surface area contributed by atoms with E-state index in [1.165, 1.54) is 36.8 Å². The Hall–Kier alpha value is -0.380. The van der Waals surface area contributed by atoms with Gasteiger partial charge in [-0.2, -0.15) is 0 Å². The number of benzene rings is 1. The van der Waals surface area contributed by atoms with Gasteiger partial charge in [-0.3, -0.25) is 0 Å². The van der Waals surface area contributed by atoms with Gasteiger partial charge in [0, 0.05) is 11.0 Å². The summed E-state index contributed by atoms with van der Waals surface area (Å²) in [5.41, 5.74) is 3.05. The normalized spacial score (nSPS) is 19.2. The topological polar surface area (TPSA) is 21.3 Å². The van der Waals surface area contributed by atoms with Crippen molar-refractivity contribution >= 4 is 15.9 Å². The average molecular weight is 340 g/mol. The quantitative estimate of drug-likeness (QED) is 0.842. The highest BCUT2D eigenvalue weighted by atomic mass is 79.9. The first-order valence-corrected chi connectivity index (χ1v) is 8.33. The summed E-state index contributed by atoms with van der Waals surface area (Å²) in [5.74, 6) is 0. The van der Waals surface area contributed by atoms with E-state index in [2.05, 4.69) is 53.3 Å². The van der Waals surface area contributed by atoms with Crippen LogP contribution in [0.5, 0.6) is 0 Å². The fraction of sp³-hybridized carbons (Fsp3) is 0.647. The zero-order valence-electron chi connectivity index (χ0n) is 12.8. The second-order valence-corrected chi connectivity index (χ2v) is 7.49. The fourth-order valence-corrected chi connectivity index (χ4v) is 3.31. The molecule has 1 N–H and O–H groups in total. The van der Waals surface area contributed by atoms with Gasteiger partial charge < -0.3 is 10.1 Å². The highest BCUT2D eigenvalue weighted by Crippen LogP contribution is 2.36. The number of ether oxygens (including phenoxy) is 1. The van der Waals surface area contributed by atoms with Crippen molar-refractivity contribution in [1.29, 1.82) is 0 Å². The van der Waals surface area contributed by atoms with E-state index in [1.807, 2.05) is 7.05 Å². The van der Waals surface area contributed by atoms with Crippen molar-refractivity contribution in [2.24, 2.45) is 5.41 Å². The van der Waals surface area contributed by atoms with E-state index >= 15 is 0 Å². The van der Waals surface area contributed by atoms with Crippen LogP contribution in [0.25, 0.3) is 0 Å². The molecule has 0 radical (unpaired) electrons. The monoisotopic (exact) mass is 339 g/mol. The molecule has 0 aliphatic heterocycles. The van der Waals surface area contributed by atoms with Crippen LogP contribution in [0.1, 0.15) is 50.7 Å². The van der Waals surface area contributed by atoms with E-state index in [0.717, 1.165) is 11.0 Å². The Morgan fingerprint density at radius 1 is 1.30 bits per heavy atom. The minimum absolute atomic E-state index is 0.437. The summed E-state index contributed by atoms with van der Waals surface area (Å²) in [7, 11) is 1.97. The lowest BCUT2D eigenvalue weighted by molar-refractivity contribution is -0.00580. The maximum atomic E-state index is 6.10. The minimum Gasteiger partial charge on any atom is -0.374 e.